The Morgan fingerprint density at radius 1 is 0.964 bits per heavy atom. The Bertz CT molecular complexity index is 790. The normalized spacial score (nSPS) is 21.8. The predicted octanol–water partition coefficient (Wildman–Crippen LogP) is 6.27. The van der Waals surface area contributed by atoms with Crippen LogP contribution in [0.1, 0.15) is 53.9 Å². The molecule has 0 N–H and O–H groups in total. The second kappa shape index (κ2) is 7.98. The van der Waals surface area contributed by atoms with E-state index in [0.29, 0.717) is 11.7 Å². The Labute approximate surface area is 169 Å². The van der Waals surface area contributed by atoms with Crippen molar-refractivity contribution in [3.63, 3.8) is 0 Å². The van der Waals surface area contributed by atoms with E-state index in [2.05, 4.69) is 32.9 Å². The lowest BCUT2D eigenvalue weighted by Gasteiger charge is -2.39. The Morgan fingerprint density at radius 2 is 1.57 bits per heavy atom. The van der Waals surface area contributed by atoms with Crippen molar-refractivity contribution in [2.24, 2.45) is 11.3 Å². The van der Waals surface area contributed by atoms with Gasteiger partial charge in [-0.15, -0.1) is 0 Å². The van der Waals surface area contributed by atoms with Gasteiger partial charge in [0.25, 0.3) is 0 Å². The highest BCUT2D eigenvalue weighted by Crippen LogP contribution is 2.40. The third-order valence-electron chi connectivity index (χ3n) is 5.45. The summed E-state index contributed by atoms with van der Waals surface area (Å²) in [5.74, 6) is 0.935. The SMILES string of the molecule is C[C@H]1C[C@H](OC(=O)C(C)(C)Oc2ccc(-c3ccccc3)cc2)CC(C)(C)C1. The topological polar surface area (TPSA) is 35.5 Å². The smallest absolute Gasteiger partial charge is 0.350 e. The van der Waals surface area contributed by atoms with E-state index >= 15 is 0 Å². The minimum Gasteiger partial charge on any atom is -0.476 e. The van der Waals surface area contributed by atoms with Crippen LogP contribution >= 0.6 is 0 Å². The average molecular weight is 381 g/mol. The average Bonchev–Trinajstić information content (AvgIpc) is 2.61. The molecule has 0 heterocycles. The molecule has 2 aromatic carbocycles. The first-order valence-electron chi connectivity index (χ1n) is 10.2. The zero-order chi connectivity index (χ0) is 20.4. The molecule has 1 aliphatic carbocycles. The molecule has 0 spiro atoms. The van der Waals surface area contributed by atoms with Crippen molar-refractivity contribution in [2.45, 2.75) is 65.6 Å². The molecule has 2 aromatic rings. The second-order valence-electron chi connectivity index (χ2n) is 9.44. The minimum absolute atomic E-state index is 0.0328. The molecule has 3 rings (SSSR count). The molecule has 1 fully saturated rings. The summed E-state index contributed by atoms with van der Waals surface area (Å²) < 4.78 is 11.9. The van der Waals surface area contributed by atoms with E-state index in [-0.39, 0.29) is 17.5 Å². The number of rotatable bonds is 5. The van der Waals surface area contributed by atoms with Gasteiger partial charge in [-0.2, -0.15) is 0 Å². The molecular weight excluding hydrogens is 348 g/mol. The highest BCUT2D eigenvalue weighted by molar-refractivity contribution is 5.79. The molecule has 0 radical (unpaired) electrons. The highest BCUT2D eigenvalue weighted by atomic mass is 16.6. The first-order valence-corrected chi connectivity index (χ1v) is 10.2. The lowest BCUT2D eigenvalue weighted by Crippen LogP contribution is -2.43. The predicted molar refractivity (Wildman–Crippen MR) is 113 cm³/mol. The standard InChI is InChI=1S/C25H32O3/c1-18-15-22(17-24(2,3)16-18)27-23(26)25(4,5)28-21-13-11-20(12-14-21)19-9-7-6-8-10-19/h6-14,18,22H,15-17H2,1-5H3/t18-,22-/m0/s1. The molecule has 2 atom stereocenters. The number of ether oxygens (including phenoxy) is 2. The van der Waals surface area contributed by atoms with Gasteiger partial charge in [-0.3, -0.25) is 0 Å². The van der Waals surface area contributed by atoms with Gasteiger partial charge in [0.2, 0.25) is 0 Å². The van der Waals surface area contributed by atoms with E-state index in [1.54, 1.807) is 13.8 Å². The van der Waals surface area contributed by atoms with E-state index < -0.39 is 5.60 Å². The van der Waals surface area contributed by atoms with E-state index in [9.17, 15) is 4.79 Å². The summed E-state index contributed by atoms with van der Waals surface area (Å²) in [6.07, 6.45) is 2.98. The molecule has 0 aliphatic heterocycles. The van der Waals surface area contributed by atoms with Gasteiger partial charge in [-0.1, -0.05) is 63.2 Å². The van der Waals surface area contributed by atoms with Crippen LogP contribution in [-0.4, -0.2) is 17.7 Å². The maximum absolute atomic E-state index is 12.8. The Balaban J connectivity index is 1.63. The number of hydrogen-bond acceptors (Lipinski definition) is 3. The van der Waals surface area contributed by atoms with Crippen molar-refractivity contribution in [1.82, 2.24) is 0 Å². The van der Waals surface area contributed by atoms with Crippen LogP contribution in [0.4, 0.5) is 0 Å². The fraction of sp³-hybridized carbons (Fsp3) is 0.480. The van der Waals surface area contributed by atoms with E-state index in [4.69, 9.17) is 9.47 Å². The van der Waals surface area contributed by atoms with E-state index in [0.717, 1.165) is 24.0 Å². The molecule has 1 saturated carbocycles. The monoisotopic (exact) mass is 380 g/mol. The fourth-order valence-electron chi connectivity index (χ4n) is 4.32. The summed E-state index contributed by atoms with van der Waals surface area (Å²) in [7, 11) is 0. The Kier molecular flexibility index (Phi) is 5.83. The molecule has 3 nitrogen and oxygen atoms in total. The van der Waals surface area contributed by atoms with Crippen molar-refractivity contribution in [3.05, 3.63) is 54.6 Å². The van der Waals surface area contributed by atoms with Crippen LogP contribution in [0.3, 0.4) is 0 Å². The number of benzene rings is 2. The van der Waals surface area contributed by atoms with Crippen LogP contribution in [0.15, 0.2) is 54.6 Å². The molecule has 150 valence electrons. The zero-order valence-corrected chi connectivity index (χ0v) is 17.7. The summed E-state index contributed by atoms with van der Waals surface area (Å²) in [5.41, 5.74) is 1.45. The fourth-order valence-corrected chi connectivity index (χ4v) is 4.32. The van der Waals surface area contributed by atoms with E-state index in [1.165, 1.54) is 6.42 Å². The molecule has 28 heavy (non-hydrogen) atoms. The minimum atomic E-state index is -1.03. The third kappa shape index (κ3) is 5.15. The van der Waals surface area contributed by atoms with Gasteiger partial charge in [-0.25, -0.2) is 4.79 Å². The molecule has 0 bridgehead atoms. The summed E-state index contributed by atoms with van der Waals surface area (Å²) in [6.45, 7) is 10.3. The van der Waals surface area contributed by atoms with Crippen LogP contribution in [-0.2, 0) is 9.53 Å². The molecule has 0 amide bonds. The lowest BCUT2D eigenvalue weighted by molar-refractivity contribution is -0.169. The van der Waals surface area contributed by atoms with Gasteiger partial charge in [0.1, 0.15) is 11.9 Å². The lowest BCUT2D eigenvalue weighted by atomic mass is 9.71. The van der Waals surface area contributed by atoms with Crippen molar-refractivity contribution < 1.29 is 14.3 Å². The summed E-state index contributed by atoms with van der Waals surface area (Å²) in [5, 5.41) is 0. The quantitative estimate of drug-likeness (QED) is 0.574. The summed E-state index contributed by atoms with van der Waals surface area (Å²) in [6, 6.07) is 18.0. The van der Waals surface area contributed by atoms with Crippen LogP contribution in [0, 0.1) is 11.3 Å². The number of carbonyl (C=O) groups is 1. The zero-order valence-electron chi connectivity index (χ0n) is 17.7. The van der Waals surface area contributed by atoms with Gasteiger partial charge in [-0.05, 0) is 67.7 Å². The second-order valence-corrected chi connectivity index (χ2v) is 9.44. The first kappa shape index (κ1) is 20.4. The molecule has 0 aromatic heterocycles. The first-order chi connectivity index (χ1) is 13.1. The number of esters is 1. The highest BCUT2D eigenvalue weighted by Gasteiger charge is 2.38. The maximum atomic E-state index is 12.8. The molecule has 3 heteroatoms. The van der Waals surface area contributed by atoms with Gasteiger partial charge in [0.05, 0.1) is 0 Å². The largest absolute Gasteiger partial charge is 0.476 e. The van der Waals surface area contributed by atoms with Crippen LogP contribution < -0.4 is 4.74 Å². The van der Waals surface area contributed by atoms with Crippen molar-refractivity contribution in [1.29, 1.82) is 0 Å². The summed E-state index contributed by atoms with van der Waals surface area (Å²) >= 11 is 0. The van der Waals surface area contributed by atoms with Crippen molar-refractivity contribution in [3.8, 4) is 16.9 Å². The Morgan fingerprint density at radius 3 is 2.18 bits per heavy atom. The maximum Gasteiger partial charge on any atom is 0.350 e. The van der Waals surface area contributed by atoms with Crippen LogP contribution in [0.5, 0.6) is 5.75 Å². The van der Waals surface area contributed by atoms with Crippen LogP contribution in [0.25, 0.3) is 11.1 Å². The summed E-state index contributed by atoms with van der Waals surface area (Å²) in [4.78, 5) is 12.8. The van der Waals surface area contributed by atoms with Gasteiger partial charge in [0.15, 0.2) is 5.60 Å². The van der Waals surface area contributed by atoms with Crippen LogP contribution in [0.2, 0.25) is 0 Å². The third-order valence-corrected chi connectivity index (χ3v) is 5.45. The molecular formula is C25H32O3. The van der Waals surface area contributed by atoms with Gasteiger partial charge < -0.3 is 9.47 Å². The molecule has 0 unspecified atom stereocenters. The van der Waals surface area contributed by atoms with Gasteiger partial charge in [0, 0.05) is 0 Å². The van der Waals surface area contributed by atoms with Crippen molar-refractivity contribution in [2.75, 3.05) is 0 Å². The Hall–Kier alpha value is -2.29. The number of hydrogen-bond donors (Lipinski definition) is 0. The molecule has 1 aliphatic rings. The van der Waals surface area contributed by atoms with Gasteiger partial charge >= 0.3 is 5.97 Å². The van der Waals surface area contributed by atoms with E-state index in [1.807, 2.05) is 42.5 Å². The number of carbonyl (C=O) groups excluding carboxylic acids is 1. The van der Waals surface area contributed by atoms with Crippen molar-refractivity contribution >= 4 is 5.97 Å². The molecule has 0 saturated heterocycles.